The summed E-state index contributed by atoms with van der Waals surface area (Å²) in [5, 5.41) is 17.1. The highest BCUT2D eigenvalue weighted by atomic mass is 32.1. The van der Waals surface area contributed by atoms with Crippen LogP contribution in [0.3, 0.4) is 0 Å². The van der Waals surface area contributed by atoms with E-state index >= 15 is 0 Å². The Labute approximate surface area is 129 Å². The molecule has 108 valence electrons. The first-order chi connectivity index (χ1) is 10.1. The largest absolute Gasteiger partial charge is 0.507 e. The second-order valence-electron chi connectivity index (χ2n) is 4.60. The van der Waals surface area contributed by atoms with E-state index < -0.39 is 0 Å². The van der Waals surface area contributed by atoms with Gasteiger partial charge in [-0.05, 0) is 36.8 Å². The van der Waals surface area contributed by atoms with Crippen LogP contribution in [0.5, 0.6) is 5.75 Å². The molecule has 0 aromatic heterocycles. The lowest BCUT2D eigenvalue weighted by Gasteiger charge is -2.07. The van der Waals surface area contributed by atoms with Gasteiger partial charge in [-0.3, -0.25) is 5.43 Å². The SMILES string of the molecule is Cc1cccc(CNC(=S)N/N=C/c2ccccc2O)c1. The molecular weight excluding hydrogens is 282 g/mol. The van der Waals surface area contributed by atoms with Crippen LogP contribution in [0, 0.1) is 6.92 Å². The minimum Gasteiger partial charge on any atom is -0.507 e. The molecule has 2 rings (SSSR count). The third-order valence-corrected chi connectivity index (χ3v) is 3.08. The van der Waals surface area contributed by atoms with E-state index in [2.05, 4.69) is 34.9 Å². The Bertz CT molecular complexity index is 655. The van der Waals surface area contributed by atoms with Gasteiger partial charge in [0.15, 0.2) is 5.11 Å². The number of para-hydroxylation sites is 1. The Morgan fingerprint density at radius 3 is 2.81 bits per heavy atom. The van der Waals surface area contributed by atoms with Gasteiger partial charge in [-0.1, -0.05) is 42.0 Å². The van der Waals surface area contributed by atoms with E-state index in [9.17, 15) is 5.11 Å². The van der Waals surface area contributed by atoms with Crippen LogP contribution in [0.2, 0.25) is 0 Å². The van der Waals surface area contributed by atoms with Gasteiger partial charge in [0.05, 0.1) is 6.21 Å². The molecule has 0 unspecified atom stereocenters. The fourth-order valence-corrected chi connectivity index (χ4v) is 1.93. The van der Waals surface area contributed by atoms with Crippen LogP contribution >= 0.6 is 12.2 Å². The van der Waals surface area contributed by atoms with Crippen LogP contribution in [0.4, 0.5) is 0 Å². The third kappa shape index (κ3) is 4.89. The van der Waals surface area contributed by atoms with E-state index in [0.717, 1.165) is 5.56 Å². The lowest BCUT2D eigenvalue weighted by molar-refractivity contribution is 0.474. The van der Waals surface area contributed by atoms with Gasteiger partial charge in [-0.15, -0.1) is 0 Å². The average molecular weight is 299 g/mol. The number of thiocarbonyl (C=S) groups is 1. The summed E-state index contributed by atoms with van der Waals surface area (Å²) < 4.78 is 0. The summed E-state index contributed by atoms with van der Waals surface area (Å²) in [6.45, 7) is 2.69. The van der Waals surface area contributed by atoms with Gasteiger partial charge in [0, 0.05) is 12.1 Å². The normalized spacial score (nSPS) is 10.5. The van der Waals surface area contributed by atoms with Crippen molar-refractivity contribution in [2.45, 2.75) is 13.5 Å². The number of aromatic hydroxyl groups is 1. The number of nitrogens with zero attached hydrogens (tertiary/aromatic N) is 1. The number of benzene rings is 2. The zero-order valence-corrected chi connectivity index (χ0v) is 12.5. The van der Waals surface area contributed by atoms with Crippen LogP contribution in [-0.4, -0.2) is 16.4 Å². The first kappa shape index (κ1) is 15.0. The lowest BCUT2D eigenvalue weighted by Crippen LogP contribution is -2.31. The minimum atomic E-state index is 0.182. The van der Waals surface area contributed by atoms with E-state index in [4.69, 9.17) is 12.2 Å². The maximum atomic E-state index is 9.59. The Morgan fingerprint density at radius 1 is 1.24 bits per heavy atom. The molecule has 0 heterocycles. The number of nitrogens with one attached hydrogen (secondary N) is 2. The average Bonchev–Trinajstić information content (AvgIpc) is 2.47. The summed E-state index contributed by atoms with van der Waals surface area (Å²) in [6, 6.07) is 15.2. The molecule has 0 aliphatic rings. The van der Waals surface area contributed by atoms with Gasteiger partial charge in [0.25, 0.3) is 0 Å². The molecule has 0 atom stereocenters. The highest BCUT2D eigenvalue weighted by Gasteiger charge is 1.97. The molecule has 0 amide bonds. The molecule has 0 bridgehead atoms. The summed E-state index contributed by atoms with van der Waals surface area (Å²) in [7, 11) is 0. The summed E-state index contributed by atoms with van der Waals surface area (Å²) >= 11 is 5.14. The van der Waals surface area contributed by atoms with E-state index in [0.29, 0.717) is 17.2 Å². The van der Waals surface area contributed by atoms with Crippen LogP contribution in [0.25, 0.3) is 0 Å². The first-order valence-corrected chi connectivity index (χ1v) is 6.96. The molecule has 0 aliphatic heterocycles. The molecule has 0 saturated carbocycles. The Morgan fingerprint density at radius 2 is 2.05 bits per heavy atom. The zero-order valence-electron chi connectivity index (χ0n) is 11.7. The van der Waals surface area contributed by atoms with Crippen molar-refractivity contribution in [1.29, 1.82) is 0 Å². The minimum absolute atomic E-state index is 0.182. The zero-order chi connectivity index (χ0) is 15.1. The smallest absolute Gasteiger partial charge is 0.187 e. The number of rotatable bonds is 4. The summed E-state index contributed by atoms with van der Waals surface area (Å²) in [5.74, 6) is 0.182. The van der Waals surface area contributed by atoms with Gasteiger partial charge in [-0.25, -0.2) is 0 Å². The van der Waals surface area contributed by atoms with E-state index in [1.54, 1.807) is 18.2 Å². The summed E-state index contributed by atoms with van der Waals surface area (Å²) in [4.78, 5) is 0. The van der Waals surface area contributed by atoms with Gasteiger partial charge in [0.2, 0.25) is 0 Å². The van der Waals surface area contributed by atoms with Gasteiger partial charge >= 0.3 is 0 Å². The van der Waals surface area contributed by atoms with Crippen molar-refractivity contribution in [3.05, 3.63) is 65.2 Å². The quantitative estimate of drug-likeness (QED) is 0.461. The van der Waals surface area contributed by atoms with Crippen molar-refractivity contribution < 1.29 is 5.11 Å². The fraction of sp³-hybridized carbons (Fsp3) is 0.125. The highest BCUT2D eigenvalue weighted by Crippen LogP contribution is 2.12. The topological polar surface area (TPSA) is 56.7 Å². The number of hydrazone groups is 1. The number of phenolic OH excluding ortho intramolecular Hbond substituents is 1. The van der Waals surface area contributed by atoms with Gasteiger partial charge in [0.1, 0.15) is 5.75 Å². The van der Waals surface area contributed by atoms with E-state index in [1.165, 1.54) is 11.8 Å². The van der Waals surface area contributed by atoms with Crippen molar-refractivity contribution in [3.63, 3.8) is 0 Å². The summed E-state index contributed by atoms with van der Waals surface area (Å²) in [6.07, 6.45) is 1.52. The van der Waals surface area contributed by atoms with Crippen LogP contribution in [-0.2, 0) is 6.54 Å². The monoisotopic (exact) mass is 299 g/mol. The second kappa shape index (κ2) is 7.40. The van der Waals surface area contributed by atoms with Crippen LogP contribution < -0.4 is 10.7 Å². The molecule has 21 heavy (non-hydrogen) atoms. The maximum absolute atomic E-state index is 9.59. The van der Waals surface area contributed by atoms with Crippen molar-refractivity contribution in [3.8, 4) is 5.75 Å². The van der Waals surface area contributed by atoms with Crippen LogP contribution in [0.1, 0.15) is 16.7 Å². The van der Waals surface area contributed by atoms with E-state index in [-0.39, 0.29) is 5.75 Å². The molecule has 0 spiro atoms. The standard InChI is InChI=1S/C16H17N3OS/c1-12-5-4-6-13(9-12)10-17-16(21)19-18-11-14-7-2-3-8-15(14)20/h2-9,11,20H,10H2,1H3,(H2,17,19,21)/b18-11+. The molecule has 5 heteroatoms. The molecule has 4 nitrogen and oxygen atoms in total. The first-order valence-electron chi connectivity index (χ1n) is 6.55. The molecule has 3 N–H and O–H groups in total. The van der Waals surface area contributed by atoms with E-state index in [1.807, 2.05) is 18.2 Å². The van der Waals surface area contributed by atoms with Crippen molar-refractivity contribution in [2.75, 3.05) is 0 Å². The summed E-state index contributed by atoms with van der Waals surface area (Å²) in [5.41, 5.74) is 5.72. The molecule has 0 saturated heterocycles. The van der Waals surface area contributed by atoms with Crippen molar-refractivity contribution >= 4 is 23.5 Å². The van der Waals surface area contributed by atoms with Gasteiger partial charge < -0.3 is 10.4 Å². The highest BCUT2D eigenvalue weighted by molar-refractivity contribution is 7.80. The predicted molar refractivity (Wildman–Crippen MR) is 89.5 cm³/mol. The van der Waals surface area contributed by atoms with Crippen molar-refractivity contribution in [1.82, 2.24) is 10.7 Å². The van der Waals surface area contributed by atoms with Crippen molar-refractivity contribution in [2.24, 2.45) is 5.10 Å². The molecule has 0 aliphatic carbocycles. The number of hydrogen-bond acceptors (Lipinski definition) is 3. The predicted octanol–water partition coefficient (Wildman–Crippen LogP) is 2.70. The molecule has 2 aromatic rings. The number of phenols is 1. The molecule has 0 fully saturated rings. The molecular formula is C16H17N3OS. The lowest BCUT2D eigenvalue weighted by atomic mass is 10.1. The third-order valence-electron chi connectivity index (χ3n) is 2.84. The Hall–Kier alpha value is -2.40. The maximum Gasteiger partial charge on any atom is 0.187 e. The molecule has 0 radical (unpaired) electrons. The second-order valence-corrected chi connectivity index (χ2v) is 5.01. The van der Waals surface area contributed by atoms with Gasteiger partial charge in [-0.2, -0.15) is 5.10 Å². The Balaban J connectivity index is 1.81. The number of aryl methyl sites for hydroxylation is 1. The Kier molecular flexibility index (Phi) is 5.29. The van der Waals surface area contributed by atoms with Crippen LogP contribution in [0.15, 0.2) is 53.6 Å². The number of hydrogen-bond donors (Lipinski definition) is 3. The molecule has 2 aromatic carbocycles. The fourth-order valence-electron chi connectivity index (χ4n) is 1.80.